The van der Waals surface area contributed by atoms with Gasteiger partial charge in [-0.3, -0.25) is 4.79 Å². The summed E-state index contributed by atoms with van der Waals surface area (Å²) in [5.74, 6) is 1.11. The maximum Gasteiger partial charge on any atom is 0.135 e. The van der Waals surface area contributed by atoms with Crippen LogP contribution in [0.5, 0.6) is 0 Å². The number of Topliss-reactive ketones (excluding diaryl/α,β-unsaturated/α-hetero) is 1. The number of benzene rings is 1. The Hall–Kier alpha value is -1.18. The lowest BCUT2D eigenvalue weighted by atomic mass is 9.76. The molecule has 1 saturated carbocycles. The fourth-order valence-electron chi connectivity index (χ4n) is 4.83. The molecule has 0 bridgehead atoms. The smallest absolute Gasteiger partial charge is 0.135 e. The number of halogens is 1. The Morgan fingerprint density at radius 1 is 0.759 bits per heavy atom. The van der Waals surface area contributed by atoms with E-state index in [2.05, 4.69) is 6.92 Å². The van der Waals surface area contributed by atoms with Gasteiger partial charge in [0.2, 0.25) is 0 Å². The first-order valence-electron chi connectivity index (χ1n) is 12.5. The highest BCUT2D eigenvalue weighted by Crippen LogP contribution is 2.36. The Morgan fingerprint density at radius 3 is 1.76 bits per heavy atom. The third-order valence-corrected chi connectivity index (χ3v) is 6.80. The van der Waals surface area contributed by atoms with Crippen LogP contribution in [0.15, 0.2) is 24.3 Å². The molecule has 0 heterocycles. The van der Waals surface area contributed by atoms with E-state index in [9.17, 15) is 9.18 Å². The van der Waals surface area contributed by atoms with Gasteiger partial charge in [-0.2, -0.15) is 0 Å². The Morgan fingerprint density at radius 2 is 1.24 bits per heavy atom. The van der Waals surface area contributed by atoms with Crippen molar-refractivity contribution in [2.24, 2.45) is 5.92 Å². The summed E-state index contributed by atoms with van der Waals surface area (Å²) in [6, 6.07) is 6.93. The Labute approximate surface area is 178 Å². The summed E-state index contributed by atoms with van der Waals surface area (Å²) < 4.78 is 13.1. The first-order valence-corrected chi connectivity index (χ1v) is 12.5. The molecule has 0 unspecified atom stereocenters. The molecule has 0 saturated heterocycles. The molecule has 0 atom stereocenters. The van der Waals surface area contributed by atoms with Crippen molar-refractivity contribution in [1.82, 2.24) is 0 Å². The molecule has 1 fully saturated rings. The summed E-state index contributed by atoms with van der Waals surface area (Å²) in [5, 5.41) is 0. The molecule has 0 amide bonds. The van der Waals surface area contributed by atoms with Crippen LogP contribution in [0.2, 0.25) is 0 Å². The van der Waals surface area contributed by atoms with Crippen LogP contribution in [0.25, 0.3) is 0 Å². The topological polar surface area (TPSA) is 17.1 Å². The molecule has 0 spiro atoms. The Kier molecular flexibility index (Phi) is 12.3. The minimum Gasteiger partial charge on any atom is -0.299 e. The maximum absolute atomic E-state index is 13.1. The zero-order valence-corrected chi connectivity index (χ0v) is 18.8. The van der Waals surface area contributed by atoms with E-state index in [0.29, 0.717) is 11.7 Å². The summed E-state index contributed by atoms with van der Waals surface area (Å²) >= 11 is 0. The van der Waals surface area contributed by atoms with Crippen LogP contribution < -0.4 is 0 Å². The summed E-state index contributed by atoms with van der Waals surface area (Å²) in [4.78, 5) is 12.5. The minimum atomic E-state index is -0.167. The molecule has 29 heavy (non-hydrogen) atoms. The molecule has 1 aromatic carbocycles. The van der Waals surface area contributed by atoms with E-state index in [-0.39, 0.29) is 11.7 Å². The zero-order chi connectivity index (χ0) is 20.7. The van der Waals surface area contributed by atoms with Gasteiger partial charge in [0, 0.05) is 12.3 Å². The van der Waals surface area contributed by atoms with Crippen LogP contribution in [0.4, 0.5) is 4.39 Å². The molecule has 1 aliphatic carbocycles. The monoisotopic (exact) mass is 402 g/mol. The number of carbonyl (C=O) groups excluding carboxylic acids is 1. The summed E-state index contributed by atoms with van der Waals surface area (Å²) in [6.45, 7) is 2.27. The zero-order valence-electron chi connectivity index (χ0n) is 18.8. The van der Waals surface area contributed by atoms with E-state index in [1.54, 1.807) is 12.1 Å². The summed E-state index contributed by atoms with van der Waals surface area (Å²) in [7, 11) is 0. The van der Waals surface area contributed by atoms with Gasteiger partial charge in [0.25, 0.3) is 0 Å². The highest BCUT2D eigenvalue weighted by atomic mass is 19.1. The van der Waals surface area contributed by atoms with Crippen molar-refractivity contribution in [2.45, 2.75) is 122 Å². The number of unbranched alkanes of at least 4 members (excludes halogenated alkanes) is 11. The highest BCUT2D eigenvalue weighted by molar-refractivity contribution is 5.81. The molecular weight excluding hydrogens is 359 g/mol. The van der Waals surface area contributed by atoms with Gasteiger partial charge in [-0.25, -0.2) is 4.39 Å². The number of hydrogen-bond donors (Lipinski definition) is 0. The normalized spacial score (nSPS) is 19.4. The van der Waals surface area contributed by atoms with Gasteiger partial charge in [-0.05, 0) is 55.7 Å². The number of ketones is 1. The lowest BCUT2D eigenvalue weighted by Gasteiger charge is -2.28. The van der Waals surface area contributed by atoms with Crippen molar-refractivity contribution < 1.29 is 9.18 Å². The molecule has 1 aliphatic rings. The van der Waals surface area contributed by atoms with Crippen molar-refractivity contribution in [3.8, 4) is 0 Å². The van der Waals surface area contributed by atoms with Gasteiger partial charge in [0.15, 0.2) is 0 Å². The van der Waals surface area contributed by atoms with Crippen molar-refractivity contribution >= 4 is 5.78 Å². The predicted molar refractivity (Wildman–Crippen MR) is 122 cm³/mol. The second-order valence-corrected chi connectivity index (χ2v) is 9.21. The molecule has 2 rings (SSSR count). The van der Waals surface area contributed by atoms with E-state index in [1.807, 2.05) is 12.1 Å². The van der Waals surface area contributed by atoms with Crippen LogP contribution in [-0.2, 0) is 4.79 Å². The van der Waals surface area contributed by atoms with E-state index < -0.39 is 0 Å². The average Bonchev–Trinajstić information content (AvgIpc) is 2.75. The van der Waals surface area contributed by atoms with Crippen LogP contribution in [-0.4, -0.2) is 5.78 Å². The maximum atomic E-state index is 13.1. The van der Waals surface area contributed by atoms with Gasteiger partial charge in [-0.1, -0.05) is 89.7 Å². The van der Waals surface area contributed by atoms with Crippen LogP contribution in [0.3, 0.4) is 0 Å². The third kappa shape index (κ3) is 9.92. The molecule has 0 N–H and O–H groups in total. The van der Waals surface area contributed by atoms with Crippen molar-refractivity contribution in [3.05, 3.63) is 35.6 Å². The van der Waals surface area contributed by atoms with Gasteiger partial charge >= 0.3 is 0 Å². The lowest BCUT2D eigenvalue weighted by Crippen LogP contribution is -2.21. The Balaban J connectivity index is 1.45. The van der Waals surface area contributed by atoms with Gasteiger partial charge < -0.3 is 0 Å². The summed E-state index contributed by atoms with van der Waals surface area (Å²) in [5.41, 5.74) is 1.23. The van der Waals surface area contributed by atoms with E-state index in [0.717, 1.165) is 38.5 Å². The quantitative estimate of drug-likeness (QED) is 0.268. The SMILES string of the molecule is CCCCCCCCCCCCCCC(=O)[C@H]1CC[C@H](c2ccc(F)cc2)CC1. The third-order valence-electron chi connectivity index (χ3n) is 6.80. The van der Waals surface area contributed by atoms with Crippen LogP contribution in [0.1, 0.15) is 128 Å². The fourth-order valence-corrected chi connectivity index (χ4v) is 4.83. The number of carbonyl (C=O) groups is 1. The molecule has 164 valence electrons. The molecule has 0 aromatic heterocycles. The lowest BCUT2D eigenvalue weighted by molar-refractivity contribution is -0.124. The average molecular weight is 403 g/mol. The van der Waals surface area contributed by atoms with Crippen molar-refractivity contribution in [1.29, 1.82) is 0 Å². The van der Waals surface area contributed by atoms with Crippen molar-refractivity contribution in [3.63, 3.8) is 0 Å². The molecule has 1 aromatic rings. The molecule has 2 heteroatoms. The van der Waals surface area contributed by atoms with Gasteiger partial charge in [-0.15, -0.1) is 0 Å². The number of rotatable bonds is 15. The standard InChI is InChI=1S/C27H43FO/c1-2-3-4-5-6-7-8-9-10-11-12-13-14-27(29)25-17-15-23(16-18-25)24-19-21-26(28)22-20-24/h19-23,25H,2-18H2,1H3/t23-,25-. The second kappa shape index (κ2) is 14.7. The van der Waals surface area contributed by atoms with Crippen molar-refractivity contribution in [2.75, 3.05) is 0 Å². The van der Waals surface area contributed by atoms with E-state index in [1.165, 1.54) is 76.2 Å². The highest BCUT2D eigenvalue weighted by Gasteiger charge is 2.26. The largest absolute Gasteiger partial charge is 0.299 e. The fraction of sp³-hybridized carbons (Fsp3) is 0.741. The minimum absolute atomic E-state index is 0.167. The van der Waals surface area contributed by atoms with E-state index in [4.69, 9.17) is 0 Å². The van der Waals surface area contributed by atoms with Gasteiger partial charge in [0.05, 0.1) is 0 Å². The second-order valence-electron chi connectivity index (χ2n) is 9.21. The number of hydrogen-bond acceptors (Lipinski definition) is 1. The predicted octanol–water partition coefficient (Wildman–Crippen LogP) is 8.76. The van der Waals surface area contributed by atoms with Gasteiger partial charge in [0.1, 0.15) is 11.6 Å². The van der Waals surface area contributed by atoms with Crippen LogP contribution >= 0.6 is 0 Å². The summed E-state index contributed by atoms with van der Waals surface area (Å²) in [6.07, 6.45) is 21.0. The first kappa shape index (κ1) is 24.1. The molecule has 1 nitrogen and oxygen atoms in total. The van der Waals surface area contributed by atoms with Crippen LogP contribution in [0, 0.1) is 11.7 Å². The Bertz CT molecular complexity index is 542. The van der Waals surface area contributed by atoms with E-state index >= 15 is 0 Å². The molecule has 0 radical (unpaired) electrons. The molecule has 0 aliphatic heterocycles. The molecular formula is C27H43FO. The first-order chi connectivity index (χ1) is 14.2.